The van der Waals surface area contributed by atoms with E-state index in [0.29, 0.717) is 6.29 Å². The van der Waals surface area contributed by atoms with Crippen molar-refractivity contribution in [2.45, 2.75) is 37.8 Å². The number of hydrogen-bond donors (Lipinski definition) is 1. The van der Waals surface area contributed by atoms with Gasteiger partial charge in [-0.3, -0.25) is 14.5 Å². The Hall–Kier alpha value is -2.03. The maximum absolute atomic E-state index is 12.1. The van der Waals surface area contributed by atoms with Crippen molar-refractivity contribution in [2.24, 2.45) is 0 Å². The van der Waals surface area contributed by atoms with E-state index in [1.54, 1.807) is 20.8 Å². The lowest BCUT2D eigenvalue weighted by atomic mass is 10.0. The summed E-state index contributed by atoms with van der Waals surface area (Å²) in [4.78, 5) is 46.8. The predicted octanol–water partition coefficient (Wildman–Crippen LogP) is -1.00. The van der Waals surface area contributed by atoms with Crippen molar-refractivity contribution in [1.29, 1.82) is 0 Å². The molecule has 0 bridgehead atoms. The number of carboxylic acids is 1. The van der Waals surface area contributed by atoms with Crippen LogP contribution in [0.4, 0.5) is 4.79 Å². The zero-order valence-electron chi connectivity index (χ0n) is 12.2. The Bertz CT molecular complexity index is 580. The fraction of sp³-hybridized carbons (Fsp3) is 0.538. The topological polar surface area (TPSA) is 116 Å². The highest BCUT2D eigenvalue weighted by atomic mass is 32.2. The molecule has 2 amide bonds. The van der Waals surface area contributed by atoms with Crippen LogP contribution in [0, 0.1) is 0 Å². The van der Waals surface area contributed by atoms with Crippen molar-refractivity contribution >= 4 is 36.0 Å². The molecular weight excluding hydrogens is 312 g/mol. The van der Waals surface area contributed by atoms with Gasteiger partial charge < -0.3 is 20.0 Å². The number of nitrogens with zero attached hydrogens (tertiary/aromatic N) is 1. The molecule has 0 aromatic carbocycles. The number of nitrogens with one attached hydrogen (secondary N) is 1. The van der Waals surface area contributed by atoms with Gasteiger partial charge in [-0.25, -0.2) is 4.79 Å². The minimum atomic E-state index is -1.59. The number of ether oxygens (including phenoxy) is 1. The highest BCUT2D eigenvalue weighted by molar-refractivity contribution is 8.00. The number of thioether (sulfide) groups is 1. The number of carboxylic acid groups (broad SMARTS) is 1. The Balaban J connectivity index is 2.12. The van der Waals surface area contributed by atoms with Gasteiger partial charge in [0.05, 0.1) is 11.7 Å². The standard InChI is InChI=1S/C13H16N2O6S/c1-13(2,3)21-12(20)14-7-9(17)15-8(11(18)19)6(4-16)5-22-10(7)15/h4,7,10H,5H2,1-3H3,(H,14,20)(H,18,19)/p-1/t7-,10-/m1/s1. The lowest BCUT2D eigenvalue weighted by Gasteiger charge is -2.50. The first-order valence-corrected chi connectivity index (χ1v) is 7.54. The van der Waals surface area contributed by atoms with Crippen LogP contribution in [0.15, 0.2) is 11.3 Å². The van der Waals surface area contributed by atoms with E-state index in [-0.39, 0.29) is 11.3 Å². The third kappa shape index (κ3) is 2.94. The van der Waals surface area contributed by atoms with Gasteiger partial charge in [-0.05, 0) is 20.8 Å². The summed E-state index contributed by atoms with van der Waals surface area (Å²) in [6.07, 6.45) is -0.359. The van der Waals surface area contributed by atoms with E-state index < -0.39 is 40.7 Å². The molecule has 2 aliphatic rings. The summed E-state index contributed by atoms with van der Waals surface area (Å²) < 4.78 is 5.06. The Kier molecular flexibility index (Phi) is 4.19. The molecule has 0 radical (unpaired) electrons. The fourth-order valence-electron chi connectivity index (χ4n) is 2.16. The van der Waals surface area contributed by atoms with Crippen molar-refractivity contribution in [3.05, 3.63) is 11.3 Å². The van der Waals surface area contributed by atoms with E-state index in [2.05, 4.69) is 5.32 Å². The molecule has 9 heteroatoms. The lowest BCUT2D eigenvalue weighted by Crippen LogP contribution is -2.71. The molecule has 8 nitrogen and oxygen atoms in total. The molecule has 1 saturated heterocycles. The van der Waals surface area contributed by atoms with Gasteiger partial charge in [-0.15, -0.1) is 11.8 Å². The van der Waals surface area contributed by atoms with Crippen LogP contribution in [-0.2, 0) is 19.1 Å². The van der Waals surface area contributed by atoms with Crippen molar-refractivity contribution in [2.75, 3.05) is 5.75 Å². The smallest absolute Gasteiger partial charge is 0.408 e. The lowest BCUT2D eigenvalue weighted by molar-refractivity contribution is -0.301. The fourth-order valence-corrected chi connectivity index (χ4v) is 3.45. The first kappa shape index (κ1) is 16.3. The van der Waals surface area contributed by atoms with Crippen LogP contribution in [0.5, 0.6) is 0 Å². The monoisotopic (exact) mass is 327 g/mol. The Morgan fingerprint density at radius 3 is 2.59 bits per heavy atom. The van der Waals surface area contributed by atoms with Crippen LogP contribution in [0.3, 0.4) is 0 Å². The summed E-state index contributed by atoms with van der Waals surface area (Å²) in [6.45, 7) is 5.05. The molecule has 0 aromatic rings. The van der Waals surface area contributed by atoms with Gasteiger partial charge in [0.25, 0.3) is 5.91 Å². The molecule has 120 valence electrons. The normalized spacial score (nSPS) is 24.3. The van der Waals surface area contributed by atoms with Gasteiger partial charge >= 0.3 is 6.09 Å². The minimum absolute atomic E-state index is 0.00896. The van der Waals surface area contributed by atoms with Gasteiger partial charge in [0.2, 0.25) is 0 Å². The van der Waals surface area contributed by atoms with Crippen LogP contribution >= 0.6 is 11.8 Å². The van der Waals surface area contributed by atoms with Gasteiger partial charge in [-0.1, -0.05) is 0 Å². The average Bonchev–Trinajstić information content (AvgIpc) is 2.40. The van der Waals surface area contributed by atoms with Crippen molar-refractivity contribution < 1.29 is 29.0 Å². The van der Waals surface area contributed by atoms with Crippen LogP contribution in [0.2, 0.25) is 0 Å². The van der Waals surface area contributed by atoms with Crippen LogP contribution in [0.1, 0.15) is 20.8 Å². The Morgan fingerprint density at radius 1 is 1.45 bits per heavy atom. The summed E-state index contributed by atoms with van der Waals surface area (Å²) in [5.41, 5.74) is -1.15. The summed E-state index contributed by atoms with van der Waals surface area (Å²) in [5, 5.41) is 13.0. The van der Waals surface area contributed by atoms with Crippen LogP contribution in [-0.4, -0.2) is 51.9 Å². The van der Waals surface area contributed by atoms with E-state index in [9.17, 15) is 24.3 Å². The second-order valence-electron chi connectivity index (χ2n) is 5.81. The average molecular weight is 327 g/mol. The molecule has 0 aromatic heterocycles. The molecule has 0 spiro atoms. The minimum Gasteiger partial charge on any atom is -0.543 e. The van der Waals surface area contributed by atoms with Crippen molar-refractivity contribution in [3.8, 4) is 0 Å². The molecule has 0 aliphatic carbocycles. The number of aliphatic carboxylic acids is 1. The zero-order valence-corrected chi connectivity index (χ0v) is 13.1. The van der Waals surface area contributed by atoms with E-state index in [4.69, 9.17) is 4.74 Å². The SMILES string of the molecule is CC(C)(C)OC(=O)N[C@@H]1C(=O)N2C(C(=O)[O-])=C(C=O)CS[C@H]12. The molecule has 22 heavy (non-hydrogen) atoms. The van der Waals surface area contributed by atoms with Gasteiger partial charge in [-0.2, -0.15) is 0 Å². The molecule has 2 atom stereocenters. The second-order valence-corrected chi connectivity index (χ2v) is 6.92. The van der Waals surface area contributed by atoms with E-state index >= 15 is 0 Å². The Morgan fingerprint density at radius 2 is 2.09 bits per heavy atom. The maximum atomic E-state index is 12.1. The number of hydrogen-bond acceptors (Lipinski definition) is 7. The quantitative estimate of drug-likeness (QED) is 0.522. The largest absolute Gasteiger partial charge is 0.543 e. The number of carbonyl (C=O) groups is 4. The van der Waals surface area contributed by atoms with Gasteiger partial charge in [0.1, 0.15) is 23.3 Å². The highest BCUT2D eigenvalue weighted by Gasteiger charge is 2.53. The molecule has 2 rings (SSSR count). The van der Waals surface area contributed by atoms with Crippen LogP contribution in [0.25, 0.3) is 0 Å². The molecule has 0 saturated carbocycles. The molecule has 0 unspecified atom stereocenters. The summed E-state index contributed by atoms with van der Waals surface area (Å²) in [5.74, 6) is -2.06. The molecule has 2 heterocycles. The van der Waals surface area contributed by atoms with Gasteiger partial charge in [0.15, 0.2) is 0 Å². The number of carbonyl (C=O) groups excluding carboxylic acids is 4. The molecule has 1 N–H and O–H groups in total. The van der Waals surface area contributed by atoms with Crippen molar-refractivity contribution in [1.82, 2.24) is 10.2 Å². The number of fused-ring (bicyclic) bond motifs is 1. The number of amides is 2. The van der Waals surface area contributed by atoms with Crippen LogP contribution < -0.4 is 10.4 Å². The molecule has 1 fully saturated rings. The number of rotatable bonds is 3. The zero-order chi connectivity index (χ0) is 16.7. The number of β-lactam (4-membered cyclic amide) rings is 1. The van der Waals surface area contributed by atoms with E-state index in [0.717, 1.165) is 4.90 Å². The number of aldehydes is 1. The maximum Gasteiger partial charge on any atom is 0.408 e. The first-order chi connectivity index (χ1) is 10.2. The summed E-state index contributed by atoms with van der Waals surface area (Å²) in [7, 11) is 0. The predicted molar refractivity (Wildman–Crippen MR) is 74.3 cm³/mol. The third-order valence-corrected chi connectivity index (χ3v) is 4.31. The van der Waals surface area contributed by atoms with Crippen molar-refractivity contribution in [3.63, 3.8) is 0 Å². The third-order valence-electron chi connectivity index (χ3n) is 3.01. The highest BCUT2D eigenvalue weighted by Crippen LogP contribution is 2.39. The summed E-state index contributed by atoms with van der Waals surface area (Å²) >= 11 is 1.19. The molecule has 2 aliphatic heterocycles. The molecular formula is C13H15N2O6S-. The Labute approximate surface area is 130 Å². The summed E-state index contributed by atoms with van der Waals surface area (Å²) in [6, 6.07) is -0.887. The van der Waals surface area contributed by atoms with E-state index in [1.807, 2.05) is 0 Å². The van der Waals surface area contributed by atoms with E-state index in [1.165, 1.54) is 11.8 Å². The second kappa shape index (κ2) is 5.64. The first-order valence-electron chi connectivity index (χ1n) is 6.49. The number of alkyl carbamates (subject to hydrolysis) is 1. The van der Waals surface area contributed by atoms with Gasteiger partial charge in [0, 0.05) is 11.3 Å².